The molecular weight excluding hydrogens is 650 g/mol. The molecule has 1 amide bonds. The zero-order valence-corrected chi connectivity index (χ0v) is 28.7. The number of fused-ring (bicyclic) bond motifs is 2. The average Bonchev–Trinajstić information content (AvgIpc) is 3.58. The number of carbonyl (C=O) groups excluding carboxylic acids is 1. The summed E-state index contributed by atoms with van der Waals surface area (Å²) < 4.78 is 32.3. The number of ether oxygens (including phenoxy) is 5. The average molecular weight is 690 g/mol. The SMILES string of the molecule is COc1ccc(C(OC[C@]23O[C@@H](n4cc(C)c(NC(=O)c5ccccc5)nc4=O)[C@H](O[C@H]2C)[C@@H]3O)(c2ccccc2)c2ccc(OC)cc2)cc1. The number of anilines is 1. The molecule has 5 atom stereocenters. The fourth-order valence-electron chi connectivity index (χ4n) is 7.02. The van der Waals surface area contributed by atoms with Crippen LogP contribution < -0.4 is 20.5 Å². The Bertz CT molecular complexity index is 2010. The van der Waals surface area contributed by atoms with Crippen molar-refractivity contribution in [2.75, 3.05) is 26.1 Å². The van der Waals surface area contributed by atoms with Crippen LogP contribution in [0.15, 0.2) is 120 Å². The zero-order valence-electron chi connectivity index (χ0n) is 28.7. The van der Waals surface area contributed by atoms with Gasteiger partial charge in [-0.15, -0.1) is 0 Å². The molecule has 11 nitrogen and oxygen atoms in total. The molecule has 11 heteroatoms. The highest BCUT2D eigenvalue weighted by molar-refractivity contribution is 6.04. The van der Waals surface area contributed by atoms with Crippen molar-refractivity contribution in [3.8, 4) is 11.5 Å². The number of benzene rings is 4. The number of nitrogens with one attached hydrogen (secondary N) is 1. The monoisotopic (exact) mass is 689 g/mol. The fourth-order valence-corrected chi connectivity index (χ4v) is 7.02. The normalized spacial score (nSPS) is 22.5. The molecule has 5 aromatic rings. The van der Waals surface area contributed by atoms with Crippen molar-refractivity contribution in [3.05, 3.63) is 154 Å². The second-order valence-corrected chi connectivity index (χ2v) is 12.7. The minimum absolute atomic E-state index is 0.109. The first-order chi connectivity index (χ1) is 24.7. The van der Waals surface area contributed by atoms with Crippen molar-refractivity contribution in [1.29, 1.82) is 0 Å². The molecule has 2 aliphatic heterocycles. The largest absolute Gasteiger partial charge is 0.497 e. The first kappa shape index (κ1) is 34.1. The van der Waals surface area contributed by atoms with Gasteiger partial charge >= 0.3 is 5.69 Å². The van der Waals surface area contributed by atoms with E-state index in [0.717, 1.165) is 16.7 Å². The van der Waals surface area contributed by atoms with Crippen LogP contribution in [0.25, 0.3) is 0 Å². The highest BCUT2D eigenvalue weighted by atomic mass is 16.7. The summed E-state index contributed by atoms with van der Waals surface area (Å²) in [5.74, 6) is 1.12. The van der Waals surface area contributed by atoms with Gasteiger partial charge in [-0.05, 0) is 66.9 Å². The van der Waals surface area contributed by atoms with Crippen molar-refractivity contribution in [1.82, 2.24) is 9.55 Å². The smallest absolute Gasteiger partial charge is 0.351 e. The van der Waals surface area contributed by atoms with E-state index in [1.165, 1.54) is 4.57 Å². The molecule has 4 aromatic carbocycles. The number of rotatable bonds is 11. The van der Waals surface area contributed by atoms with Crippen LogP contribution in [-0.2, 0) is 19.8 Å². The topological polar surface area (TPSA) is 130 Å². The summed E-state index contributed by atoms with van der Waals surface area (Å²) in [7, 11) is 3.23. The molecular formula is C40H39N3O8. The van der Waals surface area contributed by atoms with Crippen LogP contribution in [0.1, 0.15) is 45.8 Å². The van der Waals surface area contributed by atoms with Gasteiger partial charge in [-0.2, -0.15) is 4.98 Å². The standard InChI is InChI=1S/C40H39N3O8/c1-25-23-43(38(46)42-35(25)41-36(45)27-11-7-5-8-12-27)37-33-34(44)39(51-37,26(2)50-33)24-49-40(28-13-9-6-10-14-28,29-15-19-31(47-3)20-16-29)30-17-21-32(48-4)22-18-30/h5-23,26,33-34,37,44H,24H2,1-4H3,(H,41,42,45,46)/t26-,33+,34-,37+,39-/m0/s1. The van der Waals surface area contributed by atoms with Gasteiger partial charge in [0.15, 0.2) is 6.23 Å². The van der Waals surface area contributed by atoms with Gasteiger partial charge in [0.25, 0.3) is 5.91 Å². The molecule has 2 N–H and O–H groups in total. The third kappa shape index (κ3) is 5.98. The van der Waals surface area contributed by atoms with Crippen LogP contribution in [0.3, 0.4) is 0 Å². The lowest BCUT2D eigenvalue weighted by Gasteiger charge is -2.41. The van der Waals surface area contributed by atoms with Crippen LogP contribution >= 0.6 is 0 Å². The Kier molecular flexibility index (Phi) is 9.21. The maximum absolute atomic E-state index is 13.5. The third-order valence-corrected chi connectivity index (χ3v) is 9.85. The van der Waals surface area contributed by atoms with Gasteiger partial charge in [0.1, 0.15) is 40.7 Å². The van der Waals surface area contributed by atoms with E-state index in [1.807, 2.05) is 91.9 Å². The van der Waals surface area contributed by atoms with E-state index in [0.29, 0.717) is 22.6 Å². The van der Waals surface area contributed by atoms with E-state index in [-0.39, 0.29) is 18.3 Å². The zero-order chi connectivity index (χ0) is 35.8. The molecule has 51 heavy (non-hydrogen) atoms. The lowest BCUT2D eigenvalue weighted by molar-refractivity contribution is -0.232. The van der Waals surface area contributed by atoms with Crippen molar-refractivity contribution < 1.29 is 33.6 Å². The molecule has 0 unspecified atom stereocenters. The van der Waals surface area contributed by atoms with Crippen LogP contribution in [-0.4, -0.2) is 65.3 Å². The van der Waals surface area contributed by atoms with E-state index in [9.17, 15) is 14.7 Å². The lowest BCUT2D eigenvalue weighted by atomic mass is 9.79. The molecule has 2 fully saturated rings. The van der Waals surface area contributed by atoms with Crippen LogP contribution in [0.2, 0.25) is 0 Å². The van der Waals surface area contributed by atoms with E-state index in [4.69, 9.17) is 23.7 Å². The van der Waals surface area contributed by atoms with Crippen LogP contribution in [0, 0.1) is 6.92 Å². The highest BCUT2D eigenvalue weighted by Gasteiger charge is 2.66. The van der Waals surface area contributed by atoms with E-state index >= 15 is 0 Å². The van der Waals surface area contributed by atoms with E-state index in [2.05, 4.69) is 10.3 Å². The number of hydrogen-bond acceptors (Lipinski definition) is 9. The first-order valence-corrected chi connectivity index (χ1v) is 16.7. The second-order valence-electron chi connectivity index (χ2n) is 12.7. The predicted octanol–water partition coefficient (Wildman–Crippen LogP) is 5.25. The second kappa shape index (κ2) is 13.8. The molecule has 0 spiro atoms. The Morgan fingerprint density at radius 2 is 1.43 bits per heavy atom. The summed E-state index contributed by atoms with van der Waals surface area (Å²) in [6.45, 7) is 3.44. The summed E-state index contributed by atoms with van der Waals surface area (Å²) >= 11 is 0. The molecule has 0 radical (unpaired) electrons. The quantitative estimate of drug-likeness (QED) is 0.179. The number of methoxy groups -OCH3 is 2. The summed E-state index contributed by atoms with van der Waals surface area (Å²) in [6.07, 6.45) is -2.09. The van der Waals surface area contributed by atoms with Gasteiger partial charge in [-0.1, -0.05) is 72.8 Å². The highest BCUT2D eigenvalue weighted by Crippen LogP contribution is 2.51. The number of carbonyl (C=O) groups is 1. The molecule has 2 bridgehead atoms. The number of hydrogen-bond donors (Lipinski definition) is 2. The van der Waals surface area contributed by atoms with Crippen LogP contribution in [0.5, 0.6) is 11.5 Å². The molecule has 0 saturated carbocycles. The molecule has 1 aromatic heterocycles. The predicted molar refractivity (Wildman–Crippen MR) is 189 cm³/mol. The van der Waals surface area contributed by atoms with Crippen molar-refractivity contribution in [2.45, 2.75) is 49.6 Å². The minimum Gasteiger partial charge on any atom is -0.497 e. The van der Waals surface area contributed by atoms with E-state index in [1.54, 1.807) is 51.6 Å². The number of aliphatic hydroxyl groups is 1. The van der Waals surface area contributed by atoms with Gasteiger partial charge in [0, 0.05) is 17.3 Å². The molecule has 2 aliphatic rings. The molecule has 262 valence electrons. The summed E-state index contributed by atoms with van der Waals surface area (Å²) in [6, 6.07) is 33.8. The van der Waals surface area contributed by atoms with Crippen molar-refractivity contribution >= 4 is 11.7 Å². The van der Waals surface area contributed by atoms with E-state index < -0.39 is 41.4 Å². The lowest BCUT2D eigenvalue weighted by Crippen LogP contribution is -2.52. The number of aromatic nitrogens is 2. The number of amides is 1. The third-order valence-electron chi connectivity index (χ3n) is 9.85. The van der Waals surface area contributed by atoms with Gasteiger partial charge in [-0.3, -0.25) is 9.36 Å². The molecule has 7 rings (SSSR count). The number of nitrogens with zero attached hydrogens (tertiary/aromatic N) is 2. The van der Waals surface area contributed by atoms with Gasteiger partial charge < -0.3 is 34.1 Å². The van der Waals surface area contributed by atoms with Gasteiger partial charge in [0.05, 0.1) is 26.9 Å². The molecule has 3 heterocycles. The minimum atomic E-state index is -1.36. The van der Waals surface area contributed by atoms with Crippen molar-refractivity contribution in [2.24, 2.45) is 0 Å². The van der Waals surface area contributed by atoms with Crippen molar-refractivity contribution in [3.63, 3.8) is 0 Å². The Morgan fingerprint density at radius 1 is 0.882 bits per heavy atom. The van der Waals surface area contributed by atoms with Gasteiger partial charge in [-0.25, -0.2) is 4.79 Å². The van der Waals surface area contributed by atoms with Gasteiger partial charge in [0.2, 0.25) is 0 Å². The Balaban J connectivity index is 1.24. The number of aryl methyl sites for hydroxylation is 1. The van der Waals surface area contributed by atoms with Crippen LogP contribution in [0.4, 0.5) is 5.82 Å². The summed E-state index contributed by atoms with van der Waals surface area (Å²) in [4.78, 5) is 30.5. The Hall–Kier alpha value is -5.33. The maximum atomic E-state index is 13.5. The summed E-state index contributed by atoms with van der Waals surface area (Å²) in [5.41, 5.74) is 0.218. The first-order valence-electron chi connectivity index (χ1n) is 16.7. The maximum Gasteiger partial charge on any atom is 0.351 e. The summed E-state index contributed by atoms with van der Waals surface area (Å²) in [5, 5.41) is 14.6. The Morgan fingerprint density at radius 3 is 2.00 bits per heavy atom. The fraction of sp³-hybridized carbons (Fsp3) is 0.275. The Labute approximate surface area is 295 Å². The molecule has 2 saturated heterocycles. The molecule has 0 aliphatic carbocycles. The number of aliphatic hydroxyl groups excluding tert-OH is 1.